The monoisotopic (exact) mass is 717 g/mol. The van der Waals surface area contributed by atoms with Crippen molar-refractivity contribution in [3.63, 3.8) is 0 Å². The lowest BCUT2D eigenvalue weighted by Crippen LogP contribution is -2.16. The fourth-order valence-electron chi connectivity index (χ4n) is 4.48. The molecule has 0 radical (unpaired) electrons. The molecule has 0 heterocycles. The molecule has 0 fully saturated rings. The molecule has 1 aromatic carbocycles. The molecule has 0 aromatic heterocycles. The number of ether oxygens (including phenoxy) is 8. The quantitative estimate of drug-likeness (QED) is 0.0393. The number of non-ortho nitro benzene ring substituents is 1. The minimum absolute atomic E-state index is 0.154. The van der Waals surface area contributed by atoms with Crippen molar-refractivity contribution in [3.05, 3.63) is 38.4 Å². The molecule has 288 valence electrons. The number of benzene rings is 1. The second kappa shape index (κ2) is 33.2. The van der Waals surface area contributed by atoms with Crippen molar-refractivity contribution >= 4 is 23.0 Å². The summed E-state index contributed by atoms with van der Waals surface area (Å²) in [5.41, 5.74) is -0.527. The topological polar surface area (TPSA) is 189 Å². The summed E-state index contributed by atoms with van der Waals surface area (Å²) < 4.78 is 43.3. The Labute approximate surface area is 296 Å². The van der Waals surface area contributed by atoms with E-state index in [1.807, 2.05) is 0 Å². The molecule has 16 heteroatoms. The number of nitrogens with one attached hydrogen (secondary N) is 1. The van der Waals surface area contributed by atoms with Gasteiger partial charge < -0.3 is 43.2 Å². The first-order chi connectivity index (χ1) is 24.5. The second-order valence-corrected chi connectivity index (χ2v) is 11.2. The molecule has 1 rings (SSSR count). The Kier molecular flexibility index (Phi) is 29.9. The van der Waals surface area contributed by atoms with Crippen molar-refractivity contribution in [2.24, 2.45) is 0 Å². The summed E-state index contributed by atoms with van der Waals surface area (Å²) in [6.07, 6.45) is 11.5. The van der Waals surface area contributed by atoms with E-state index < -0.39 is 9.85 Å². The molecular weight excluding hydrogens is 658 g/mol. The number of hydrogen-bond acceptors (Lipinski definition) is 14. The van der Waals surface area contributed by atoms with E-state index in [1.165, 1.54) is 57.1 Å². The van der Waals surface area contributed by atoms with Crippen LogP contribution in [0.1, 0.15) is 71.1 Å². The van der Waals surface area contributed by atoms with Crippen molar-refractivity contribution in [2.45, 2.75) is 71.1 Å². The van der Waals surface area contributed by atoms with Crippen LogP contribution in [0.5, 0.6) is 0 Å². The van der Waals surface area contributed by atoms with Gasteiger partial charge in [-0.05, 0) is 12.5 Å². The number of hydrogen-bond donors (Lipinski definition) is 1. The number of esters is 1. The molecule has 0 saturated heterocycles. The largest absolute Gasteiger partial charge is 0.463 e. The zero-order chi connectivity index (χ0) is 36.3. The van der Waals surface area contributed by atoms with E-state index in [0.717, 1.165) is 18.9 Å². The smallest absolute Gasteiger partial charge is 0.305 e. The van der Waals surface area contributed by atoms with Crippen LogP contribution in [-0.2, 0) is 42.7 Å². The van der Waals surface area contributed by atoms with Crippen molar-refractivity contribution in [1.82, 2.24) is 0 Å². The summed E-state index contributed by atoms with van der Waals surface area (Å²) >= 11 is 0. The van der Waals surface area contributed by atoms with Crippen molar-refractivity contribution in [2.75, 3.05) is 111 Å². The normalized spacial score (nSPS) is 11.1. The lowest BCUT2D eigenvalue weighted by Gasteiger charge is -2.09. The number of nitrogens with zero attached hydrogens (tertiary/aromatic N) is 2. The van der Waals surface area contributed by atoms with Crippen molar-refractivity contribution in [1.29, 1.82) is 0 Å². The number of nitro groups is 2. The highest BCUT2D eigenvalue weighted by Gasteiger charge is 2.19. The Morgan fingerprint density at radius 3 is 1.44 bits per heavy atom. The van der Waals surface area contributed by atoms with Gasteiger partial charge in [-0.25, -0.2) is 0 Å². The Bertz CT molecular complexity index is 1000. The summed E-state index contributed by atoms with van der Waals surface area (Å²) in [6, 6.07) is 3.43. The number of rotatable bonds is 37. The van der Waals surface area contributed by atoms with Crippen LogP contribution in [0.4, 0.5) is 17.1 Å². The fraction of sp³-hybridized carbons (Fsp3) is 0.794. The predicted molar refractivity (Wildman–Crippen MR) is 187 cm³/mol. The molecule has 0 spiro atoms. The molecular formula is C34H59N3O13. The van der Waals surface area contributed by atoms with Crippen LogP contribution >= 0.6 is 0 Å². The highest BCUT2D eigenvalue weighted by molar-refractivity contribution is 5.69. The Balaban J connectivity index is 1.75. The third-order valence-corrected chi connectivity index (χ3v) is 7.16. The minimum atomic E-state index is -0.681. The highest BCUT2D eigenvalue weighted by atomic mass is 16.6. The Morgan fingerprint density at radius 2 is 1.00 bits per heavy atom. The molecule has 0 saturated carbocycles. The minimum Gasteiger partial charge on any atom is -0.463 e. The first-order valence-electron chi connectivity index (χ1n) is 17.8. The van der Waals surface area contributed by atoms with Crippen LogP contribution in [0.3, 0.4) is 0 Å². The maximum Gasteiger partial charge on any atom is 0.305 e. The van der Waals surface area contributed by atoms with Crippen LogP contribution < -0.4 is 5.32 Å². The molecule has 0 aliphatic carbocycles. The van der Waals surface area contributed by atoms with Crippen LogP contribution in [0.15, 0.2) is 18.2 Å². The summed E-state index contributed by atoms with van der Waals surface area (Å²) in [6.45, 7) is 8.49. The van der Waals surface area contributed by atoms with E-state index in [0.29, 0.717) is 92.3 Å². The molecule has 0 amide bonds. The molecule has 0 aliphatic rings. The van der Waals surface area contributed by atoms with Crippen LogP contribution in [0, 0.1) is 20.2 Å². The summed E-state index contributed by atoms with van der Waals surface area (Å²) in [5.74, 6) is -0.154. The van der Waals surface area contributed by atoms with Crippen molar-refractivity contribution in [3.8, 4) is 0 Å². The Morgan fingerprint density at radius 1 is 0.580 bits per heavy atom. The average molecular weight is 718 g/mol. The number of carbonyl (C=O) groups excluding carboxylic acids is 1. The first-order valence-corrected chi connectivity index (χ1v) is 17.8. The predicted octanol–water partition coefficient (Wildman–Crippen LogP) is 5.50. The lowest BCUT2D eigenvalue weighted by atomic mass is 10.1. The molecule has 1 N–H and O–H groups in total. The maximum absolute atomic E-state index is 11.8. The Hall–Kier alpha value is -2.99. The van der Waals surface area contributed by atoms with Gasteiger partial charge in [0.25, 0.3) is 11.4 Å². The molecule has 50 heavy (non-hydrogen) atoms. The molecule has 1 aromatic rings. The lowest BCUT2D eigenvalue weighted by molar-refractivity contribution is -0.393. The van der Waals surface area contributed by atoms with Gasteiger partial charge in [-0.15, -0.1) is 0 Å². The first kappa shape index (κ1) is 45.0. The molecule has 16 nitrogen and oxygen atoms in total. The zero-order valence-corrected chi connectivity index (χ0v) is 29.8. The van der Waals surface area contributed by atoms with Crippen LogP contribution in [-0.4, -0.2) is 121 Å². The van der Waals surface area contributed by atoms with E-state index in [-0.39, 0.29) is 42.8 Å². The van der Waals surface area contributed by atoms with E-state index in [9.17, 15) is 25.0 Å². The number of carbonyl (C=O) groups is 1. The van der Waals surface area contributed by atoms with Gasteiger partial charge in [0.1, 0.15) is 12.3 Å². The van der Waals surface area contributed by atoms with E-state index >= 15 is 0 Å². The van der Waals surface area contributed by atoms with E-state index in [1.54, 1.807) is 0 Å². The van der Waals surface area contributed by atoms with Gasteiger partial charge in [-0.3, -0.25) is 25.0 Å². The van der Waals surface area contributed by atoms with Gasteiger partial charge in [0.05, 0.1) is 108 Å². The van der Waals surface area contributed by atoms with E-state index in [4.69, 9.17) is 37.9 Å². The molecule has 0 bridgehead atoms. The van der Waals surface area contributed by atoms with Gasteiger partial charge in [-0.1, -0.05) is 58.3 Å². The molecule has 0 atom stereocenters. The summed E-state index contributed by atoms with van der Waals surface area (Å²) in [7, 11) is 0. The summed E-state index contributed by atoms with van der Waals surface area (Å²) in [4.78, 5) is 32.4. The van der Waals surface area contributed by atoms with E-state index in [2.05, 4.69) is 12.2 Å². The third-order valence-electron chi connectivity index (χ3n) is 7.16. The average Bonchev–Trinajstić information content (AvgIpc) is 3.10. The standard InChI is InChI=1S/C34H59N3O13/c1-2-3-4-5-6-7-8-9-10-11-34(38)50-29-28-49-27-26-48-25-24-47-23-22-46-21-20-45-19-18-44-17-16-43-15-14-35-32-13-12-31(36(39)40)30-33(32)37(41)42/h12-13,30,35H,2-11,14-29H2,1H3. The van der Waals surface area contributed by atoms with Gasteiger partial charge in [0.2, 0.25) is 0 Å². The second-order valence-electron chi connectivity index (χ2n) is 11.2. The fourth-order valence-corrected chi connectivity index (χ4v) is 4.48. The summed E-state index contributed by atoms with van der Waals surface area (Å²) in [5, 5.41) is 24.8. The maximum atomic E-state index is 11.8. The van der Waals surface area contributed by atoms with Gasteiger partial charge in [0, 0.05) is 19.0 Å². The SMILES string of the molecule is CCCCCCCCCCCC(=O)OCCOCCOCCOCCOCCOCCOCCOCCNc1ccc([N+](=O)[O-])cc1[N+](=O)[O-]. The number of unbranched alkanes of at least 4 members (excludes halogenated alkanes) is 8. The van der Waals surface area contributed by atoms with Crippen LogP contribution in [0.2, 0.25) is 0 Å². The van der Waals surface area contributed by atoms with Gasteiger partial charge in [-0.2, -0.15) is 0 Å². The van der Waals surface area contributed by atoms with Crippen LogP contribution in [0.25, 0.3) is 0 Å². The van der Waals surface area contributed by atoms with Gasteiger partial charge in [0.15, 0.2) is 0 Å². The number of nitro benzene ring substituents is 2. The molecule has 0 aliphatic heterocycles. The number of anilines is 1. The highest BCUT2D eigenvalue weighted by Crippen LogP contribution is 2.28. The molecule has 0 unspecified atom stereocenters. The third kappa shape index (κ3) is 26.8. The van der Waals surface area contributed by atoms with Gasteiger partial charge >= 0.3 is 5.97 Å². The zero-order valence-electron chi connectivity index (χ0n) is 29.8. The van der Waals surface area contributed by atoms with Crippen molar-refractivity contribution < 1.29 is 52.5 Å².